The Bertz CT molecular complexity index is 1080. The Morgan fingerprint density at radius 3 is 2.59 bits per heavy atom. The Kier molecular flexibility index (Phi) is 7.09. The lowest BCUT2D eigenvalue weighted by molar-refractivity contribution is -0.123. The number of hydrogen-bond donors (Lipinski definition) is 1. The molecule has 5 nitrogen and oxygen atoms in total. The fraction of sp³-hybridized carbons (Fsp3) is 0.100. The Hall–Kier alpha value is -2.18. The number of hydrogen-bond acceptors (Lipinski definition) is 4. The van der Waals surface area contributed by atoms with Crippen LogP contribution in [-0.2, 0) is 4.79 Å². The molecule has 0 saturated carbocycles. The zero-order valence-electron chi connectivity index (χ0n) is 15.0. The van der Waals surface area contributed by atoms with E-state index < -0.39 is 5.91 Å². The lowest BCUT2D eigenvalue weighted by Crippen LogP contribution is -2.24. The van der Waals surface area contributed by atoms with Crippen molar-refractivity contribution in [3.63, 3.8) is 0 Å². The summed E-state index contributed by atoms with van der Waals surface area (Å²) in [5.74, 6) is 1.05. The smallest absolute Gasteiger partial charge is 0.277 e. The van der Waals surface area contributed by atoms with Gasteiger partial charge in [0, 0.05) is 10.6 Å². The molecule has 0 spiro atoms. The Balaban J connectivity index is 1.57. The molecule has 0 aliphatic carbocycles. The van der Waals surface area contributed by atoms with Gasteiger partial charge in [0.15, 0.2) is 6.61 Å². The summed E-state index contributed by atoms with van der Waals surface area (Å²) in [4.78, 5) is 11.9. The molecule has 0 fully saturated rings. The van der Waals surface area contributed by atoms with E-state index in [4.69, 9.17) is 55.6 Å². The monoisotopic (exact) mass is 470 g/mol. The van der Waals surface area contributed by atoms with Gasteiger partial charge >= 0.3 is 0 Å². The summed E-state index contributed by atoms with van der Waals surface area (Å²) in [5, 5.41) is 5.57. The van der Waals surface area contributed by atoms with Crippen LogP contribution in [0.15, 0.2) is 52.0 Å². The molecule has 29 heavy (non-hydrogen) atoms. The van der Waals surface area contributed by atoms with Gasteiger partial charge in [-0.1, -0.05) is 46.4 Å². The van der Waals surface area contributed by atoms with Crippen LogP contribution in [-0.4, -0.2) is 18.7 Å². The van der Waals surface area contributed by atoms with Crippen LogP contribution >= 0.6 is 46.4 Å². The van der Waals surface area contributed by atoms with Gasteiger partial charge in [-0.15, -0.1) is 0 Å². The molecule has 3 aromatic rings. The molecular formula is C20H14Cl4N2O3. The number of furan rings is 1. The van der Waals surface area contributed by atoms with Crippen LogP contribution in [0.25, 0.3) is 11.3 Å². The average Bonchev–Trinajstić information content (AvgIpc) is 3.12. The third-order valence-electron chi connectivity index (χ3n) is 3.78. The minimum Gasteiger partial charge on any atom is -0.483 e. The first kappa shape index (κ1) is 21.5. The van der Waals surface area contributed by atoms with Crippen molar-refractivity contribution in [1.82, 2.24) is 5.43 Å². The molecule has 1 aromatic heterocycles. The first-order valence-electron chi connectivity index (χ1n) is 8.29. The topological polar surface area (TPSA) is 63.8 Å². The molecule has 0 aliphatic heterocycles. The molecular weight excluding hydrogens is 458 g/mol. The van der Waals surface area contributed by atoms with E-state index in [9.17, 15) is 4.79 Å². The van der Waals surface area contributed by atoms with Crippen molar-refractivity contribution in [1.29, 1.82) is 0 Å². The van der Waals surface area contributed by atoms with Crippen molar-refractivity contribution in [2.45, 2.75) is 6.92 Å². The van der Waals surface area contributed by atoms with Gasteiger partial charge in [0.2, 0.25) is 0 Å². The number of aryl methyl sites for hydroxylation is 1. The normalized spacial score (nSPS) is 11.1. The standard InChI is InChI=1S/C20H14Cl4N2O3/c1-11-6-12(21)2-4-18(11)28-10-20(27)26-25-9-13-3-5-19(29-13)14-7-16(23)17(24)8-15(14)22/h2-9H,10H2,1H3,(H,26,27)/b25-9+. The van der Waals surface area contributed by atoms with Crippen molar-refractivity contribution >= 4 is 58.5 Å². The molecule has 1 amide bonds. The van der Waals surface area contributed by atoms with E-state index in [1.165, 1.54) is 6.21 Å². The molecule has 2 aromatic carbocycles. The Morgan fingerprint density at radius 1 is 1.07 bits per heavy atom. The molecule has 3 rings (SSSR count). The second-order valence-corrected chi connectivity index (χ2v) is 7.60. The highest BCUT2D eigenvalue weighted by Gasteiger charge is 2.11. The minimum absolute atomic E-state index is 0.192. The second kappa shape index (κ2) is 9.55. The quantitative estimate of drug-likeness (QED) is 0.257. The summed E-state index contributed by atoms with van der Waals surface area (Å²) < 4.78 is 11.1. The van der Waals surface area contributed by atoms with E-state index in [1.807, 2.05) is 6.92 Å². The van der Waals surface area contributed by atoms with Gasteiger partial charge in [-0.05, 0) is 55.0 Å². The minimum atomic E-state index is -0.421. The van der Waals surface area contributed by atoms with E-state index in [-0.39, 0.29) is 6.61 Å². The first-order valence-corrected chi connectivity index (χ1v) is 9.80. The SMILES string of the molecule is Cc1cc(Cl)ccc1OCC(=O)N/N=C/c1ccc(-c2cc(Cl)c(Cl)cc2Cl)o1. The number of nitrogens with one attached hydrogen (secondary N) is 1. The number of amides is 1. The van der Waals surface area contributed by atoms with Gasteiger partial charge in [-0.3, -0.25) is 4.79 Å². The maximum atomic E-state index is 11.9. The lowest BCUT2D eigenvalue weighted by atomic mass is 10.2. The molecule has 0 bridgehead atoms. The molecule has 0 aliphatic rings. The highest BCUT2D eigenvalue weighted by atomic mass is 35.5. The lowest BCUT2D eigenvalue weighted by Gasteiger charge is -2.08. The Morgan fingerprint density at radius 2 is 1.83 bits per heavy atom. The largest absolute Gasteiger partial charge is 0.483 e. The number of hydrazone groups is 1. The number of ether oxygens (including phenoxy) is 1. The van der Waals surface area contributed by atoms with Gasteiger partial charge < -0.3 is 9.15 Å². The maximum Gasteiger partial charge on any atom is 0.277 e. The number of carbonyl (C=O) groups is 1. The fourth-order valence-electron chi connectivity index (χ4n) is 2.40. The fourth-order valence-corrected chi connectivity index (χ4v) is 3.26. The number of benzene rings is 2. The summed E-state index contributed by atoms with van der Waals surface area (Å²) in [5.41, 5.74) is 3.79. The molecule has 0 unspecified atom stereocenters. The number of nitrogens with zero attached hydrogens (tertiary/aromatic N) is 1. The van der Waals surface area contributed by atoms with E-state index in [2.05, 4.69) is 10.5 Å². The first-order chi connectivity index (χ1) is 13.8. The maximum absolute atomic E-state index is 11.9. The third kappa shape index (κ3) is 5.67. The molecule has 0 saturated heterocycles. The van der Waals surface area contributed by atoms with Gasteiger partial charge in [0.25, 0.3) is 5.91 Å². The molecule has 0 atom stereocenters. The molecule has 0 radical (unpaired) electrons. The summed E-state index contributed by atoms with van der Waals surface area (Å²) in [6.45, 7) is 1.65. The van der Waals surface area contributed by atoms with Crippen molar-refractivity contribution < 1.29 is 13.9 Å². The van der Waals surface area contributed by atoms with Gasteiger partial charge in [0.1, 0.15) is 17.3 Å². The summed E-state index contributed by atoms with van der Waals surface area (Å²) in [6, 6.07) is 11.7. The third-order valence-corrected chi connectivity index (χ3v) is 5.05. The predicted octanol–water partition coefficient (Wildman–Crippen LogP) is 6.40. The molecule has 150 valence electrons. The molecule has 1 N–H and O–H groups in total. The summed E-state index contributed by atoms with van der Waals surface area (Å²) in [7, 11) is 0. The van der Waals surface area contributed by atoms with E-state index >= 15 is 0 Å². The highest BCUT2D eigenvalue weighted by molar-refractivity contribution is 6.44. The molecule has 9 heteroatoms. The van der Waals surface area contributed by atoms with Crippen LogP contribution < -0.4 is 10.2 Å². The Labute approximate surface area is 187 Å². The average molecular weight is 472 g/mol. The number of carbonyl (C=O) groups excluding carboxylic acids is 1. The van der Waals surface area contributed by atoms with Gasteiger partial charge in [-0.25, -0.2) is 5.43 Å². The van der Waals surface area contributed by atoms with Crippen molar-refractivity contribution in [3.8, 4) is 17.1 Å². The van der Waals surface area contributed by atoms with Crippen molar-refractivity contribution in [3.05, 3.63) is 73.9 Å². The van der Waals surface area contributed by atoms with Crippen LogP contribution in [0.5, 0.6) is 5.75 Å². The van der Waals surface area contributed by atoms with E-state index in [1.54, 1.807) is 42.5 Å². The zero-order chi connectivity index (χ0) is 21.0. The molecule has 1 heterocycles. The van der Waals surface area contributed by atoms with E-state index in [0.717, 1.165) is 5.56 Å². The van der Waals surface area contributed by atoms with Crippen LogP contribution in [0, 0.1) is 6.92 Å². The summed E-state index contributed by atoms with van der Waals surface area (Å²) >= 11 is 24.0. The van der Waals surface area contributed by atoms with Crippen molar-refractivity contribution in [2.24, 2.45) is 5.10 Å². The zero-order valence-corrected chi connectivity index (χ0v) is 18.0. The van der Waals surface area contributed by atoms with Crippen LogP contribution in [0.4, 0.5) is 0 Å². The van der Waals surface area contributed by atoms with Crippen LogP contribution in [0.1, 0.15) is 11.3 Å². The van der Waals surface area contributed by atoms with Crippen molar-refractivity contribution in [2.75, 3.05) is 6.61 Å². The second-order valence-electron chi connectivity index (χ2n) is 5.94. The predicted molar refractivity (Wildman–Crippen MR) is 117 cm³/mol. The number of halogens is 4. The van der Waals surface area contributed by atoms with E-state index in [0.29, 0.717) is 42.9 Å². The highest BCUT2D eigenvalue weighted by Crippen LogP contribution is 2.35. The van der Waals surface area contributed by atoms with Gasteiger partial charge in [-0.2, -0.15) is 5.10 Å². The van der Waals surface area contributed by atoms with Crippen LogP contribution in [0.3, 0.4) is 0 Å². The number of rotatable bonds is 6. The summed E-state index contributed by atoms with van der Waals surface area (Å²) in [6.07, 6.45) is 1.36. The van der Waals surface area contributed by atoms with Gasteiger partial charge in [0.05, 0.1) is 21.3 Å². The van der Waals surface area contributed by atoms with Crippen LogP contribution in [0.2, 0.25) is 20.1 Å².